The number of hydrogen-bond acceptors (Lipinski definition) is 2. The van der Waals surface area contributed by atoms with E-state index >= 15 is 0 Å². The summed E-state index contributed by atoms with van der Waals surface area (Å²) in [7, 11) is 0. The lowest BCUT2D eigenvalue weighted by Crippen LogP contribution is -2.48. The average Bonchev–Trinajstić information content (AvgIpc) is 2.93. The van der Waals surface area contributed by atoms with Crippen LogP contribution in [-0.4, -0.2) is 35.3 Å². The number of likely N-dealkylation sites (tertiary alicyclic amines) is 1. The minimum absolute atomic E-state index is 0.190. The monoisotopic (exact) mass is 292 g/mol. The molecule has 1 aliphatic heterocycles. The predicted molar refractivity (Wildman–Crippen MR) is 81.6 cm³/mol. The standard InChI is InChI=1S/C17H28N2O2/c1-16(2)8-13-9-17(3,10-16)11-19(13)15(21)14(20)18-12-6-4-5-7-12/h12-13H,4-11H2,1-3H3,(H,18,20). The number of amides is 2. The molecule has 2 bridgehead atoms. The fraction of sp³-hybridized carbons (Fsp3) is 0.882. The highest BCUT2D eigenvalue weighted by molar-refractivity contribution is 6.35. The van der Waals surface area contributed by atoms with Crippen molar-refractivity contribution >= 4 is 11.8 Å². The molecular weight excluding hydrogens is 264 g/mol. The number of rotatable bonds is 1. The van der Waals surface area contributed by atoms with E-state index in [9.17, 15) is 9.59 Å². The molecule has 0 aromatic heterocycles. The number of nitrogens with zero attached hydrogens (tertiary/aromatic N) is 1. The van der Waals surface area contributed by atoms with Gasteiger partial charge in [0.2, 0.25) is 0 Å². The van der Waals surface area contributed by atoms with Gasteiger partial charge in [-0.25, -0.2) is 0 Å². The lowest BCUT2D eigenvalue weighted by atomic mass is 9.65. The molecule has 0 aromatic rings. The number of carbonyl (C=O) groups excluding carboxylic acids is 2. The fourth-order valence-electron chi connectivity index (χ4n) is 5.15. The Bertz CT molecular complexity index is 454. The Morgan fingerprint density at radius 1 is 1.10 bits per heavy atom. The predicted octanol–water partition coefficient (Wildman–Crippen LogP) is 2.47. The zero-order chi connectivity index (χ0) is 15.3. The first-order valence-corrected chi connectivity index (χ1v) is 8.40. The van der Waals surface area contributed by atoms with Crippen molar-refractivity contribution in [1.82, 2.24) is 10.2 Å². The molecule has 0 aromatic carbocycles. The molecule has 3 aliphatic rings. The number of hydrogen-bond donors (Lipinski definition) is 1. The Balaban J connectivity index is 1.66. The van der Waals surface area contributed by atoms with Gasteiger partial charge in [-0.2, -0.15) is 0 Å². The van der Waals surface area contributed by atoms with E-state index < -0.39 is 0 Å². The molecule has 21 heavy (non-hydrogen) atoms. The first kappa shape index (κ1) is 14.9. The zero-order valence-electron chi connectivity index (χ0n) is 13.6. The summed E-state index contributed by atoms with van der Waals surface area (Å²) in [5, 5.41) is 2.94. The molecule has 0 radical (unpaired) electrons. The lowest BCUT2D eigenvalue weighted by Gasteiger charge is -2.39. The Morgan fingerprint density at radius 3 is 2.43 bits per heavy atom. The van der Waals surface area contributed by atoms with Crippen molar-refractivity contribution in [2.45, 2.75) is 77.8 Å². The van der Waals surface area contributed by atoms with E-state index in [0.29, 0.717) is 0 Å². The first-order valence-electron chi connectivity index (χ1n) is 8.40. The minimum atomic E-state index is -0.379. The SMILES string of the molecule is CC1(C)CC2CC(C)(CN2C(=O)C(=O)NC2CCCC2)C1. The Kier molecular flexibility index (Phi) is 3.53. The second kappa shape index (κ2) is 4.99. The molecule has 4 nitrogen and oxygen atoms in total. The fourth-order valence-corrected chi connectivity index (χ4v) is 5.15. The molecule has 3 fully saturated rings. The summed E-state index contributed by atoms with van der Waals surface area (Å²) in [5.41, 5.74) is 0.463. The maximum atomic E-state index is 12.5. The third-order valence-electron chi connectivity index (χ3n) is 5.56. The molecule has 2 atom stereocenters. The highest BCUT2D eigenvalue weighted by atomic mass is 16.2. The van der Waals surface area contributed by atoms with Crippen LogP contribution in [-0.2, 0) is 9.59 Å². The second-order valence-electron chi connectivity index (χ2n) is 8.60. The largest absolute Gasteiger partial charge is 0.345 e. The Hall–Kier alpha value is -1.06. The van der Waals surface area contributed by atoms with E-state index in [1.54, 1.807) is 0 Å². The van der Waals surface area contributed by atoms with E-state index in [1.165, 1.54) is 0 Å². The topological polar surface area (TPSA) is 49.4 Å². The molecule has 118 valence electrons. The van der Waals surface area contributed by atoms with Crippen molar-refractivity contribution in [3.63, 3.8) is 0 Å². The van der Waals surface area contributed by atoms with Crippen LogP contribution in [0.15, 0.2) is 0 Å². The number of carbonyl (C=O) groups is 2. The molecule has 0 spiro atoms. The molecule has 1 saturated heterocycles. The van der Waals surface area contributed by atoms with Gasteiger partial charge in [-0.3, -0.25) is 9.59 Å². The van der Waals surface area contributed by atoms with Gasteiger partial charge < -0.3 is 10.2 Å². The normalized spacial score (nSPS) is 35.0. The van der Waals surface area contributed by atoms with Crippen molar-refractivity contribution in [2.75, 3.05) is 6.54 Å². The summed E-state index contributed by atoms with van der Waals surface area (Å²) in [6.07, 6.45) is 7.59. The van der Waals surface area contributed by atoms with Gasteiger partial charge in [0, 0.05) is 18.6 Å². The Morgan fingerprint density at radius 2 is 1.76 bits per heavy atom. The maximum Gasteiger partial charge on any atom is 0.312 e. The van der Waals surface area contributed by atoms with Crippen LogP contribution in [0.4, 0.5) is 0 Å². The molecule has 1 heterocycles. The zero-order valence-corrected chi connectivity index (χ0v) is 13.6. The van der Waals surface area contributed by atoms with E-state index in [1.807, 2.05) is 4.90 Å². The van der Waals surface area contributed by atoms with E-state index in [0.717, 1.165) is 51.5 Å². The smallest absolute Gasteiger partial charge is 0.312 e. The molecule has 2 unspecified atom stereocenters. The molecule has 3 rings (SSSR count). The second-order valence-corrected chi connectivity index (χ2v) is 8.60. The summed E-state index contributed by atoms with van der Waals surface area (Å²) in [6, 6.07) is 0.469. The third kappa shape index (κ3) is 2.95. The van der Waals surface area contributed by atoms with Crippen LogP contribution in [0.5, 0.6) is 0 Å². The van der Waals surface area contributed by atoms with Gasteiger partial charge in [-0.1, -0.05) is 33.6 Å². The summed E-state index contributed by atoms with van der Waals surface area (Å²) in [5.74, 6) is -0.677. The summed E-state index contributed by atoms with van der Waals surface area (Å²) >= 11 is 0. The van der Waals surface area contributed by atoms with Gasteiger partial charge in [0.05, 0.1) is 0 Å². The van der Waals surface area contributed by atoms with Gasteiger partial charge in [0.1, 0.15) is 0 Å². The highest BCUT2D eigenvalue weighted by Gasteiger charge is 2.51. The molecule has 2 amide bonds. The van der Waals surface area contributed by atoms with Gasteiger partial charge in [-0.15, -0.1) is 0 Å². The Labute approximate surface area is 127 Å². The highest BCUT2D eigenvalue weighted by Crippen LogP contribution is 2.52. The average molecular weight is 292 g/mol. The van der Waals surface area contributed by atoms with Crippen LogP contribution in [0.1, 0.15) is 65.7 Å². The van der Waals surface area contributed by atoms with Crippen LogP contribution in [0.25, 0.3) is 0 Å². The van der Waals surface area contributed by atoms with Crippen molar-refractivity contribution in [3.05, 3.63) is 0 Å². The van der Waals surface area contributed by atoms with Crippen molar-refractivity contribution in [2.24, 2.45) is 10.8 Å². The lowest BCUT2D eigenvalue weighted by molar-refractivity contribution is -0.147. The summed E-state index contributed by atoms with van der Waals surface area (Å²) in [4.78, 5) is 26.6. The number of fused-ring (bicyclic) bond motifs is 2. The van der Waals surface area contributed by atoms with Crippen LogP contribution in [0.2, 0.25) is 0 Å². The first-order chi connectivity index (χ1) is 9.78. The third-order valence-corrected chi connectivity index (χ3v) is 5.56. The van der Waals surface area contributed by atoms with E-state index in [-0.39, 0.29) is 34.7 Å². The molecule has 4 heteroatoms. The van der Waals surface area contributed by atoms with E-state index in [2.05, 4.69) is 26.1 Å². The van der Waals surface area contributed by atoms with E-state index in [4.69, 9.17) is 0 Å². The summed E-state index contributed by atoms with van der Waals surface area (Å²) in [6.45, 7) is 7.58. The van der Waals surface area contributed by atoms with Crippen molar-refractivity contribution in [3.8, 4) is 0 Å². The van der Waals surface area contributed by atoms with Crippen LogP contribution >= 0.6 is 0 Å². The van der Waals surface area contributed by atoms with Gasteiger partial charge in [-0.05, 0) is 42.9 Å². The van der Waals surface area contributed by atoms with Crippen molar-refractivity contribution in [1.29, 1.82) is 0 Å². The van der Waals surface area contributed by atoms with Gasteiger partial charge >= 0.3 is 11.8 Å². The number of nitrogens with one attached hydrogen (secondary N) is 1. The molecule has 1 N–H and O–H groups in total. The molecule has 2 aliphatic carbocycles. The summed E-state index contributed by atoms with van der Waals surface area (Å²) < 4.78 is 0. The van der Waals surface area contributed by atoms with Crippen LogP contribution < -0.4 is 5.32 Å². The van der Waals surface area contributed by atoms with Crippen LogP contribution in [0, 0.1) is 10.8 Å². The van der Waals surface area contributed by atoms with Gasteiger partial charge in [0.15, 0.2) is 0 Å². The molecule has 2 saturated carbocycles. The maximum absolute atomic E-state index is 12.5. The minimum Gasteiger partial charge on any atom is -0.345 e. The van der Waals surface area contributed by atoms with Crippen molar-refractivity contribution < 1.29 is 9.59 Å². The van der Waals surface area contributed by atoms with Gasteiger partial charge in [0.25, 0.3) is 0 Å². The quantitative estimate of drug-likeness (QED) is 0.755. The van der Waals surface area contributed by atoms with Crippen LogP contribution in [0.3, 0.4) is 0 Å². The molecular formula is C17H28N2O2.